The van der Waals surface area contributed by atoms with Gasteiger partial charge in [0.15, 0.2) is 0 Å². The summed E-state index contributed by atoms with van der Waals surface area (Å²) in [5, 5.41) is 7.76. The zero-order valence-corrected chi connectivity index (χ0v) is 6.20. The maximum Gasteiger partial charge on any atom is 0.123 e. The average Bonchev–Trinajstić information content (AvgIpc) is 2.07. The van der Waals surface area contributed by atoms with Crippen molar-refractivity contribution in [2.24, 2.45) is 0 Å². The summed E-state index contributed by atoms with van der Waals surface area (Å²) in [7, 11) is 0. The zero-order valence-electron chi connectivity index (χ0n) is 6.20. The second kappa shape index (κ2) is 6.96. The third-order valence-electron chi connectivity index (χ3n) is 0.862. The molecule has 1 aromatic carbocycles. The van der Waals surface area contributed by atoms with Crippen molar-refractivity contribution in [3.63, 3.8) is 0 Å². The molecule has 1 rings (SSSR count). The van der Waals surface area contributed by atoms with Crippen LogP contribution >= 0.6 is 0 Å². The number of hydrogen-bond donors (Lipinski definition) is 1. The molecule has 11 heavy (non-hydrogen) atoms. The van der Waals surface area contributed by atoms with Gasteiger partial charge in [0.05, 0.1) is 6.61 Å². The normalized spacial score (nSPS) is 7.82. The van der Waals surface area contributed by atoms with Crippen LogP contribution in [0.25, 0.3) is 0 Å². The Morgan fingerprint density at radius 3 is 2.00 bits per heavy atom. The molecule has 60 valence electrons. The molecule has 1 N–H and O–H groups in total. The molecule has 0 radical (unpaired) electrons. The molecule has 0 aromatic heterocycles. The van der Waals surface area contributed by atoms with E-state index in [0.29, 0.717) is 0 Å². The number of halogens is 1. The van der Waals surface area contributed by atoms with E-state index in [-0.39, 0.29) is 12.4 Å². The first-order chi connectivity index (χ1) is 5.31. The molecule has 0 saturated carbocycles. The molecule has 2 heteroatoms. The lowest BCUT2D eigenvalue weighted by molar-refractivity contribution is 0.343. The molecule has 0 saturated heterocycles. The minimum atomic E-state index is -0.178. The summed E-state index contributed by atoms with van der Waals surface area (Å²) in [4.78, 5) is 0. The molecular weight excluding hydrogens is 143 g/mol. The third kappa shape index (κ3) is 6.74. The molecule has 0 spiro atoms. The maximum absolute atomic E-state index is 11.9. The fraction of sp³-hybridized carbons (Fsp3) is 0.111. The quantitative estimate of drug-likeness (QED) is 0.613. The average molecular weight is 154 g/mol. The van der Waals surface area contributed by atoms with Gasteiger partial charge in [-0.15, -0.1) is 6.58 Å². The summed E-state index contributed by atoms with van der Waals surface area (Å²) in [6.07, 6.45) is 1.43. The van der Waals surface area contributed by atoms with Crippen LogP contribution in [0.4, 0.5) is 4.39 Å². The van der Waals surface area contributed by atoms with Gasteiger partial charge >= 0.3 is 0 Å². The van der Waals surface area contributed by atoms with Crippen LogP contribution in [0.15, 0.2) is 43.0 Å². The van der Waals surface area contributed by atoms with E-state index in [2.05, 4.69) is 6.58 Å². The predicted octanol–water partition coefficient (Wildman–Crippen LogP) is 1.99. The summed E-state index contributed by atoms with van der Waals surface area (Å²) in [6, 6.07) is 7.94. The lowest BCUT2D eigenvalue weighted by atomic mass is 10.4. The van der Waals surface area contributed by atoms with Crippen molar-refractivity contribution in [3.05, 3.63) is 48.8 Å². The van der Waals surface area contributed by atoms with Crippen LogP contribution in [0.5, 0.6) is 0 Å². The van der Waals surface area contributed by atoms with E-state index in [9.17, 15) is 4.39 Å². The van der Waals surface area contributed by atoms with E-state index in [1.807, 2.05) is 0 Å². The minimum absolute atomic E-state index is 0.0833. The largest absolute Gasteiger partial charge is 0.392 e. The molecule has 0 heterocycles. The van der Waals surface area contributed by atoms with Crippen molar-refractivity contribution in [2.75, 3.05) is 6.61 Å². The second-order valence-electron chi connectivity index (χ2n) is 1.77. The molecule has 1 aromatic rings. The molecule has 0 aliphatic carbocycles. The maximum atomic E-state index is 11.9. The van der Waals surface area contributed by atoms with Crippen molar-refractivity contribution >= 4 is 0 Å². The molecule has 0 bridgehead atoms. The van der Waals surface area contributed by atoms with Gasteiger partial charge in [-0.25, -0.2) is 4.39 Å². The lowest BCUT2D eigenvalue weighted by Gasteiger charge is -1.78. The van der Waals surface area contributed by atoms with Crippen LogP contribution < -0.4 is 0 Å². The van der Waals surface area contributed by atoms with E-state index in [1.54, 1.807) is 18.2 Å². The highest BCUT2D eigenvalue weighted by atomic mass is 19.1. The van der Waals surface area contributed by atoms with Crippen LogP contribution in [0.1, 0.15) is 0 Å². The van der Waals surface area contributed by atoms with Gasteiger partial charge in [0.2, 0.25) is 0 Å². The summed E-state index contributed by atoms with van der Waals surface area (Å²) in [5.74, 6) is -0.178. The standard InChI is InChI=1S/C6H5F.C3H6O/c7-6-4-2-1-3-5-6;1-2-3-4/h1-5H;2,4H,1,3H2. The van der Waals surface area contributed by atoms with Crippen molar-refractivity contribution < 1.29 is 9.50 Å². The Kier molecular flexibility index (Phi) is 6.24. The second-order valence-corrected chi connectivity index (χ2v) is 1.77. The molecule has 0 aliphatic rings. The first-order valence-corrected chi connectivity index (χ1v) is 3.23. The molecule has 0 atom stereocenters. The van der Waals surface area contributed by atoms with Crippen LogP contribution in [-0.4, -0.2) is 11.7 Å². The van der Waals surface area contributed by atoms with Crippen LogP contribution in [0.3, 0.4) is 0 Å². The number of aliphatic hydroxyl groups excluding tert-OH is 1. The Morgan fingerprint density at radius 1 is 1.36 bits per heavy atom. The Morgan fingerprint density at radius 2 is 1.82 bits per heavy atom. The highest BCUT2D eigenvalue weighted by molar-refractivity contribution is 5.02. The zero-order chi connectivity index (χ0) is 8.53. The molecular formula is C9H11FO. The van der Waals surface area contributed by atoms with Crippen LogP contribution in [0.2, 0.25) is 0 Å². The Labute approximate surface area is 65.8 Å². The monoisotopic (exact) mass is 154 g/mol. The fourth-order valence-electron chi connectivity index (χ4n) is 0.415. The molecule has 0 amide bonds. The first kappa shape index (κ1) is 9.85. The summed E-state index contributed by atoms with van der Waals surface area (Å²) in [5.41, 5.74) is 0. The minimum Gasteiger partial charge on any atom is -0.392 e. The van der Waals surface area contributed by atoms with Crippen molar-refractivity contribution in [2.45, 2.75) is 0 Å². The van der Waals surface area contributed by atoms with E-state index in [1.165, 1.54) is 18.2 Å². The number of benzene rings is 1. The van der Waals surface area contributed by atoms with Crippen molar-refractivity contribution in [3.8, 4) is 0 Å². The fourth-order valence-corrected chi connectivity index (χ4v) is 0.415. The molecule has 0 aliphatic heterocycles. The van der Waals surface area contributed by atoms with E-state index in [4.69, 9.17) is 5.11 Å². The van der Waals surface area contributed by atoms with Gasteiger partial charge in [-0.3, -0.25) is 0 Å². The van der Waals surface area contributed by atoms with Gasteiger partial charge in [0, 0.05) is 0 Å². The number of aliphatic hydroxyl groups is 1. The third-order valence-corrected chi connectivity index (χ3v) is 0.862. The highest BCUT2D eigenvalue weighted by Crippen LogP contribution is 1.91. The van der Waals surface area contributed by atoms with E-state index in [0.717, 1.165) is 0 Å². The summed E-state index contributed by atoms with van der Waals surface area (Å²) in [6.45, 7) is 3.31. The summed E-state index contributed by atoms with van der Waals surface area (Å²) >= 11 is 0. The Balaban J connectivity index is 0.000000218. The highest BCUT2D eigenvalue weighted by Gasteiger charge is 1.77. The molecule has 0 fully saturated rings. The first-order valence-electron chi connectivity index (χ1n) is 3.23. The van der Waals surface area contributed by atoms with Gasteiger partial charge in [-0.05, 0) is 12.1 Å². The molecule has 0 unspecified atom stereocenters. The number of hydrogen-bond acceptors (Lipinski definition) is 1. The van der Waals surface area contributed by atoms with Gasteiger partial charge in [-0.1, -0.05) is 24.3 Å². The topological polar surface area (TPSA) is 20.2 Å². The Bertz CT molecular complexity index is 184. The SMILES string of the molecule is C=CCO.Fc1ccccc1. The predicted molar refractivity (Wildman–Crippen MR) is 43.7 cm³/mol. The smallest absolute Gasteiger partial charge is 0.123 e. The van der Waals surface area contributed by atoms with Gasteiger partial charge in [0.1, 0.15) is 5.82 Å². The van der Waals surface area contributed by atoms with E-state index < -0.39 is 0 Å². The van der Waals surface area contributed by atoms with Crippen molar-refractivity contribution in [1.29, 1.82) is 0 Å². The molecule has 1 nitrogen and oxygen atoms in total. The van der Waals surface area contributed by atoms with E-state index >= 15 is 0 Å². The van der Waals surface area contributed by atoms with Gasteiger partial charge in [-0.2, -0.15) is 0 Å². The van der Waals surface area contributed by atoms with Gasteiger partial charge < -0.3 is 5.11 Å². The van der Waals surface area contributed by atoms with Crippen LogP contribution in [-0.2, 0) is 0 Å². The Hall–Kier alpha value is -1.15. The lowest BCUT2D eigenvalue weighted by Crippen LogP contribution is -1.63. The number of rotatable bonds is 1. The van der Waals surface area contributed by atoms with Crippen molar-refractivity contribution in [1.82, 2.24) is 0 Å². The summed E-state index contributed by atoms with van der Waals surface area (Å²) < 4.78 is 11.9. The van der Waals surface area contributed by atoms with Crippen LogP contribution in [0, 0.1) is 5.82 Å². The van der Waals surface area contributed by atoms with Gasteiger partial charge in [0.25, 0.3) is 0 Å².